The molecule has 1 amide bonds. The second kappa shape index (κ2) is 7.06. The number of rotatable bonds is 3. The highest BCUT2D eigenvalue weighted by Gasteiger charge is 2.24. The monoisotopic (exact) mass is 365 g/mol. The SMILES string of the molecule is CC1CC(C)CN(c2ccc(N/C=C3/C(=O)Nc4cc(F)ccc43)cc2)C1. The highest BCUT2D eigenvalue weighted by Crippen LogP contribution is 2.32. The third-order valence-corrected chi connectivity index (χ3v) is 5.25. The zero-order chi connectivity index (χ0) is 19.0. The predicted octanol–water partition coefficient (Wildman–Crippen LogP) is 4.71. The van der Waals surface area contributed by atoms with Crippen LogP contribution in [-0.2, 0) is 4.79 Å². The number of nitrogens with one attached hydrogen (secondary N) is 2. The maximum Gasteiger partial charge on any atom is 0.257 e. The van der Waals surface area contributed by atoms with Gasteiger partial charge in [-0.15, -0.1) is 0 Å². The molecule has 0 bridgehead atoms. The van der Waals surface area contributed by atoms with Crippen molar-refractivity contribution >= 4 is 28.5 Å². The first-order chi connectivity index (χ1) is 13.0. The number of amides is 1. The first-order valence-corrected chi connectivity index (χ1v) is 9.42. The minimum absolute atomic E-state index is 0.226. The third-order valence-electron chi connectivity index (χ3n) is 5.25. The summed E-state index contributed by atoms with van der Waals surface area (Å²) in [6, 6.07) is 12.6. The van der Waals surface area contributed by atoms with Crippen molar-refractivity contribution in [1.82, 2.24) is 0 Å². The van der Waals surface area contributed by atoms with Crippen LogP contribution in [0.1, 0.15) is 25.8 Å². The molecule has 2 aliphatic heterocycles. The molecule has 2 heterocycles. The Morgan fingerprint density at radius 1 is 1.11 bits per heavy atom. The highest BCUT2D eigenvalue weighted by molar-refractivity contribution is 6.31. The van der Waals surface area contributed by atoms with Crippen LogP contribution in [0.2, 0.25) is 0 Å². The van der Waals surface area contributed by atoms with Crippen molar-refractivity contribution in [2.24, 2.45) is 11.8 Å². The summed E-state index contributed by atoms with van der Waals surface area (Å²) in [5.74, 6) is 0.834. The Labute approximate surface area is 159 Å². The van der Waals surface area contributed by atoms with Crippen LogP contribution in [0.3, 0.4) is 0 Å². The van der Waals surface area contributed by atoms with Gasteiger partial charge in [0.05, 0.1) is 11.3 Å². The Kier molecular flexibility index (Phi) is 4.60. The van der Waals surface area contributed by atoms with Crippen LogP contribution in [0.15, 0.2) is 48.7 Å². The Balaban J connectivity index is 1.48. The van der Waals surface area contributed by atoms with Gasteiger partial charge in [0.15, 0.2) is 0 Å². The zero-order valence-electron chi connectivity index (χ0n) is 15.6. The summed E-state index contributed by atoms with van der Waals surface area (Å²) in [7, 11) is 0. The molecule has 0 spiro atoms. The molecule has 0 aromatic heterocycles. The minimum atomic E-state index is -0.361. The van der Waals surface area contributed by atoms with Crippen molar-refractivity contribution in [3.05, 3.63) is 60.0 Å². The Morgan fingerprint density at radius 2 is 1.81 bits per heavy atom. The molecule has 2 aromatic rings. The molecule has 27 heavy (non-hydrogen) atoms. The van der Waals surface area contributed by atoms with Gasteiger partial charge in [-0.25, -0.2) is 4.39 Å². The quantitative estimate of drug-likeness (QED) is 0.774. The van der Waals surface area contributed by atoms with Crippen molar-refractivity contribution < 1.29 is 9.18 Å². The molecule has 140 valence electrons. The Bertz CT molecular complexity index is 881. The number of hydrogen-bond acceptors (Lipinski definition) is 3. The lowest BCUT2D eigenvalue weighted by molar-refractivity contribution is -0.110. The van der Waals surface area contributed by atoms with Gasteiger partial charge in [-0.3, -0.25) is 4.79 Å². The molecule has 0 saturated carbocycles. The van der Waals surface area contributed by atoms with Crippen LogP contribution >= 0.6 is 0 Å². The number of piperidine rings is 1. The van der Waals surface area contributed by atoms with Crippen molar-refractivity contribution in [3.8, 4) is 0 Å². The summed E-state index contributed by atoms with van der Waals surface area (Å²) in [5, 5.41) is 5.88. The number of fused-ring (bicyclic) bond motifs is 1. The van der Waals surface area contributed by atoms with E-state index in [1.165, 1.54) is 24.2 Å². The van der Waals surface area contributed by atoms with Gasteiger partial charge in [0.1, 0.15) is 5.82 Å². The maximum atomic E-state index is 13.3. The molecule has 4 rings (SSSR count). The summed E-state index contributed by atoms with van der Waals surface area (Å²) in [5.41, 5.74) is 3.87. The number of halogens is 1. The van der Waals surface area contributed by atoms with E-state index in [2.05, 4.69) is 41.5 Å². The van der Waals surface area contributed by atoms with Crippen LogP contribution in [0.25, 0.3) is 5.57 Å². The summed E-state index contributed by atoms with van der Waals surface area (Å²) in [6.45, 7) is 6.80. The maximum absolute atomic E-state index is 13.3. The van der Waals surface area contributed by atoms with Gasteiger partial charge in [-0.2, -0.15) is 0 Å². The van der Waals surface area contributed by atoms with Crippen molar-refractivity contribution in [2.75, 3.05) is 28.6 Å². The fourth-order valence-electron chi connectivity index (χ4n) is 4.11. The predicted molar refractivity (Wildman–Crippen MR) is 108 cm³/mol. The van der Waals surface area contributed by atoms with Crippen molar-refractivity contribution in [1.29, 1.82) is 0 Å². The van der Waals surface area contributed by atoms with Gasteiger partial charge < -0.3 is 15.5 Å². The van der Waals surface area contributed by atoms with Gasteiger partial charge in [-0.1, -0.05) is 13.8 Å². The molecular formula is C22H24FN3O. The van der Waals surface area contributed by atoms with E-state index in [4.69, 9.17) is 0 Å². The summed E-state index contributed by atoms with van der Waals surface area (Å²) in [4.78, 5) is 14.6. The molecule has 5 heteroatoms. The molecular weight excluding hydrogens is 341 g/mol. The number of nitrogens with zero attached hydrogens (tertiary/aromatic N) is 1. The number of carbonyl (C=O) groups excluding carboxylic acids is 1. The largest absolute Gasteiger partial charge is 0.371 e. The summed E-state index contributed by atoms with van der Waals surface area (Å²) >= 11 is 0. The van der Waals surface area contributed by atoms with E-state index in [0.29, 0.717) is 28.7 Å². The van der Waals surface area contributed by atoms with Crippen LogP contribution in [0.5, 0.6) is 0 Å². The summed E-state index contributed by atoms with van der Waals surface area (Å²) < 4.78 is 13.3. The molecule has 2 aliphatic rings. The van der Waals surface area contributed by atoms with Gasteiger partial charge in [-0.05, 0) is 60.7 Å². The first-order valence-electron chi connectivity index (χ1n) is 9.42. The van der Waals surface area contributed by atoms with Crippen LogP contribution in [-0.4, -0.2) is 19.0 Å². The van der Waals surface area contributed by atoms with E-state index >= 15 is 0 Å². The smallest absolute Gasteiger partial charge is 0.257 e. The Hall–Kier alpha value is -2.82. The lowest BCUT2D eigenvalue weighted by Crippen LogP contribution is -2.38. The van der Waals surface area contributed by atoms with Crippen molar-refractivity contribution in [3.63, 3.8) is 0 Å². The zero-order valence-corrected chi connectivity index (χ0v) is 15.6. The molecule has 1 fully saturated rings. The molecule has 0 radical (unpaired) electrons. The second-order valence-corrected chi connectivity index (χ2v) is 7.74. The number of carbonyl (C=O) groups is 1. The third kappa shape index (κ3) is 3.68. The van der Waals surface area contributed by atoms with Crippen molar-refractivity contribution in [2.45, 2.75) is 20.3 Å². The standard InChI is InChI=1S/C22H24FN3O/c1-14-9-15(2)13-26(12-14)18-6-4-17(5-7-18)24-11-20-19-8-3-16(23)10-21(19)25-22(20)27/h3-8,10-11,14-15,24H,9,12-13H2,1-2H3,(H,25,27)/b20-11+. The van der Waals surface area contributed by atoms with E-state index < -0.39 is 0 Å². The normalized spacial score (nSPS) is 23.3. The number of benzene rings is 2. The van der Waals surface area contributed by atoms with E-state index in [0.717, 1.165) is 18.8 Å². The molecule has 1 saturated heterocycles. The highest BCUT2D eigenvalue weighted by atomic mass is 19.1. The molecule has 2 unspecified atom stereocenters. The average Bonchev–Trinajstić information content (AvgIpc) is 2.93. The van der Waals surface area contributed by atoms with Crippen LogP contribution in [0, 0.1) is 17.7 Å². The fraction of sp³-hybridized carbons (Fsp3) is 0.318. The number of anilines is 3. The van der Waals surface area contributed by atoms with E-state index in [-0.39, 0.29) is 11.7 Å². The van der Waals surface area contributed by atoms with Gasteiger partial charge in [0.2, 0.25) is 0 Å². The van der Waals surface area contributed by atoms with Gasteiger partial charge in [0.25, 0.3) is 5.91 Å². The Morgan fingerprint density at radius 3 is 2.52 bits per heavy atom. The molecule has 0 aliphatic carbocycles. The first kappa shape index (κ1) is 17.6. The lowest BCUT2D eigenvalue weighted by atomic mass is 9.91. The molecule has 2 N–H and O–H groups in total. The van der Waals surface area contributed by atoms with Gasteiger partial charge in [0, 0.05) is 36.2 Å². The number of hydrogen-bond donors (Lipinski definition) is 2. The van der Waals surface area contributed by atoms with Gasteiger partial charge >= 0.3 is 0 Å². The second-order valence-electron chi connectivity index (χ2n) is 7.74. The average molecular weight is 365 g/mol. The molecule has 4 nitrogen and oxygen atoms in total. The van der Waals surface area contributed by atoms with E-state index in [1.54, 1.807) is 12.3 Å². The van der Waals surface area contributed by atoms with Crippen LogP contribution < -0.4 is 15.5 Å². The topological polar surface area (TPSA) is 44.4 Å². The molecule has 2 aromatic carbocycles. The minimum Gasteiger partial charge on any atom is -0.371 e. The molecule has 2 atom stereocenters. The fourth-order valence-corrected chi connectivity index (χ4v) is 4.11. The van der Waals surface area contributed by atoms with E-state index in [1.807, 2.05) is 12.1 Å². The lowest BCUT2D eigenvalue weighted by Gasteiger charge is -2.36. The van der Waals surface area contributed by atoms with Crippen LogP contribution in [0.4, 0.5) is 21.5 Å². The summed E-state index contributed by atoms with van der Waals surface area (Å²) in [6.07, 6.45) is 2.97. The van der Waals surface area contributed by atoms with E-state index in [9.17, 15) is 9.18 Å².